The van der Waals surface area contributed by atoms with Gasteiger partial charge in [-0.2, -0.15) is 0 Å². The summed E-state index contributed by atoms with van der Waals surface area (Å²) in [5.41, 5.74) is 1.59. The molecule has 6 nitrogen and oxygen atoms in total. The molecule has 1 aromatic heterocycles. The van der Waals surface area contributed by atoms with E-state index in [1.807, 2.05) is 93.6 Å². The van der Waals surface area contributed by atoms with E-state index in [4.69, 9.17) is 9.15 Å². The zero-order valence-corrected chi connectivity index (χ0v) is 18.8. The molecule has 0 bridgehead atoms. The van der Waals surface area contributed by atoms with E-state index < -0.39 is 17.7 Å². The van der Waals surface area contributed by atoms with E-state index in [9.17, 15) is 4.79 Å². The second kappa shape index (κ2) is 10.8. The van der Waals surface area contributed by atoms with Crippen molar-refractivity contribution in [1.29, 1.82) is 0 Å². The lowest BCUT2D eigenvalue weighted by molar-refractivity contribution is 0.0494. The van der Waals surface area contributed by atoms with E-state index in [-0.39, 0.29) is 0 Å². The summed E-state index contributed by atoms with van der Waals surface area (Å²) in [4.78, 5) is 12.3. The Morgan fingerprint density at radius 1 is 1.10 bits per heavy atom. The fraction of sp³-hybridized carbons (Fsp3) is 0.292. The van der Waals surface area contributed by atoms with Crippen molar-refractivity contribution in [2.75, 3.05) is 5.75 Å². The van der Waals surface area contributed by atoms with E-state index in [0.29, 0.717) is 23.3 Å². The lowest BCUT2D eigenvalue weighted by Gasteiger charge is -2.22. The molecule has 0 fully saturated rings. The fourth-order valence-corrected chi connectivity index (χ4v) is 3.36. The minimum absolute atomic E-state index is 0.351. The number of aromatic nitrogens is 2. The molecule has 1 N–H and O–H groups in total. The first-order chi connectivity index (χ1) is 14.9. The maximum Gasteiger partial charge on any atom is 0.408 e. The zero-order valence-electron chi connectivity index (χ0n) is 17.9. The highest BCUT2D eigenvalue weighted by atomic mass is 32.2. The molecule has 0 saturated carbocycles. The van der Waals surface area contributed by atoms with E-state index in [0.717, 1.165) is 11.1 Å². The lowest BCUT2D eigenvalue weighted by Crippen LogP contribution is -2.36. The van der Waals surface area contributed by atoms with Crippen molar-refractivity contribution >= 4 is 23.9 Å². The molecule has 0 aliphatic carbocycles. The number of benzene rings is 2. The van der Waals surface area contributed by atoms with Crippen LogP contribution in [0.1, 0.15) is 43.8 Å². The van der Waals surface area contributed by atoms with E-state index in [2.05, 4.69) is 15.5 Å². The average molecular weight is 438 g/mol. The number of carbonyl (C=O) groups excluding carboxylic acids is 1. The van der Waals surface area contributed by atoms with Crippen molar-refractivity contribution in [2.45, 2.75) is 44.1 Å². The van der Waals surface area contributed by atoms with E-state index >= 15 is 0 Å². The van der Waals surface area contributed by atoms with Crippen molar-refractivity contribution in [1.82, 2.24) is 15.5 Å². The van der Waals surface area contributed by atoms with Crippen LogP contribution in [0, 0.1) is 0 Å². The fourth-order valence-electron chi connectivity index (χ4n) is 2.79. The predicted octanol–water partition coefficient (Wildman–Crippen LogP) is 5.68. The van der Waals surface area contributed by atoms with Crippen LogP contribution in [0.2, 0.25) is 0 Å². The van der Waals surface area contributed by atoms with Crippen LogP contribution in [-0.2, 0) is 11.2 Å². The molecule has 31 heavy (non-hydrogen) atoms. The summed E-state index contributed by atoms with van der Waals surface area (Å²) in [6.07, 6.45) is 4.09. The number of amides is 1. The third-order valence-electron chi connectivity index (χ3n) is 4.11. The van der Waals surface area contributed by atoms with Crippen LogP contribution in [-0.4, -0.2) is 27.6 Å². The van der Waals surface area contributed by atoms with Gasteiger partial charge in [-0.15, -0.1) is 10.2 Å². The Balaban J connectivity index is 1.65. The molecule has 0 spiro atoms. The van der Waals surface area contributed by atoms with Gasteiger partial charge >= 0.3 is 6.09 Å². The van der Waals surface area contributed by atoms with Crippen molar-refractivity contribution in [3.05, 3.63) is 83.8 Å². The largest absolute Gasteiger partial charge is 0.444 e. The lowest BCUT2D eigenvalue weighted by atomic mass is 10.1. The van der Waals surface area contributed by atoms with Gasteiger partial charge in [0.05, 0.1) is 0 Å². The molecule has 0 unspecified atom stereocenters. The van der Waals surface area contributed by atoms with Crippen LogP contribution in [0.3, 0.4) is 0 Å². The highest BCUT2D eigenvalue weighted by Crippen LogP contribution is 2.23. The Bertz CT molecular complexity index is 982. The molecule has 0 radical (unpaired) electrons. The van der Waals surface area contributed by atoms with Gasteiger partial charge in [-0.1, -0.05) is 84.6 Å². The van der Waals surface area contributed by atoms with Gasteiger partial charge in [-0.3, -0.25) is 0 Å². The Hall–Kier alpha value is -3.06. The van der Waals surface area contributed by atoms with Crippen molar-refractivity contribution in [2.24, 2.45) is 0 Å². The molecular formula is C24H27N3O3S. The van der Waals surface area contributed by atoms with Crippen LogP contribution in [0.5, 0.6) is 0 Å². The van der Waals surface area contributed by atoms with Gasteiger partial charge in [0.1, 0.15) is 11.6 Å². The van der Waals surface area contributed by atoms with Gasteiger partial charge in [-0.25, -0.2) is 4.79 Å². The van der Waals surface area contributed by atoms with Crippen LogP contribution >= 0.6 is 11.8 Å². The van der Waals surface area contributed by atoms with Crippen molar-refractivity contribution in [3.63, 3.8) is 0 Å². The van der Waals surface area contributed by atoms with Crippen LogP contribution < -0.4 is 5.32 Å². The Kier molecular flexibility index (Phi) is 7.89. The first-order valence-corrected chi connectivity index (χ1v) is 11.1. The molecule has 1 amide bonds. The minimum Gasteiger partial charge on any atom is -0.444 e. The van der Waals surface area contributed by atoms with Gasteiger partial charge < -0.3 is 14.5 Å². The third-order valence-corrected chi connectivity index (χ3v) is 4.88. The Morgan fingerprint density at radius 2 is 1.77 bits per heavy atom. The second-order valence-corrected chi connectivity index (χ2v) is 8.89. The van der Waals surface area contributed by atoms with E-state index in [1.54, 1.807) is 0 Å². The molecule has 162 valence electrons. The first kappa shape index (κ1) is 22.6. The number of ether oxygens (including phenoxy) is 1. The summed E-state index contributed by atoms with van der Waals surface area (Å²) < 4.78 is 11.2. The normalized spacial score (nSPS) is 12.6. The number of nitrogens with one attached hydrogen (secondary N) is 1. The van der Waals surface area contributed by atoms with Gasteiger partial charge in [0.25, 0.3) is 5.22 Å². The second-order valence-electron chi connectivity index (χ2n) is 7.92. The summed E-state index contributed by atoms with van der Waals surface area (Å²) >= 11 is 1.44. The average Bonchev–Trinajstić information content (AvgIpc) is 3.20. The SMILES string of the molecule is CC(C)(C)OC(=O)N[C@@H](Cc1ccccc1)c1nnc(SCC=Cc2ccccc2)o1. The van der Waals surface area contributed by atoms with Gasteiger partial charge in [-0.05, 0) is 31.9 Å². The zero-order chi connectivity index (χ0) is 22.1. The summed E-state index contributed by atoms with van der Waals surface area (Å²) in [7, 11) is 0. The molecule has 0 aliphatic heterocycles. The predicted molar refractivity (Wildman–Crippen MR) is 123 cm³/mol. The number of thioether (sulfide) groups is 1. The smallest absolute Gasteiger partial charge is 0.408 e. The maximum atomic E-state index is 12.3. The molecule has 1 atom stereocenters. The summed E-state index contributed by atoms with van der Waals surface area (Å²) in [5.74, 6) is 1.04. The van der Waals surface area contributed by atoms with Crippen LogP contribution in [0.25, 0.3) is 6.08 Å². The number of carbonyl (C=O) groups is 1. The topological polar surface area (TPSA) is 77.2 Å². The summed E-state index contributed by atoms with van der Waals surface area (Å²) in [6.45, 7) is 5.47. The third kappa shape index (κ3) is 7.94. The number of alkyl carbamates (subject to hydrolysis) is 1. The van der Waals surface area contributed by atoms with E-state index in [1.165, 1.54) is 11.8 Å². The molecular weight excluding hydrogens is 410 g/mol. The van der Waals surface area contributed by atoms with Gasteiger partial charge in [0, 0.05) is 12.2 Å². The monoisotopic (exact) mass is 437 g/mol. The van der Waals surface area contributed by atoms with Crippen LogP contribution in [0.15, 0.2) is 76.4 Å². The number of hydrogen-bond acceptors (Lipinski definition) is 6. The minimum atomic E-state index is -0.595. The first-order valence-electron chi connectivity index (χ1n) is 10.1. The number of nitrogens with zero attached hydrogens (tertiary/aromatic N) is 2. The van der Waals surface area contributed by atoms with Gasteiger partial charge in [0.15, 0.2) is 0 Å². The molecule has 0 aliphatic rings. The molecule has 0 saturated heterocycles. The number of rotatable bonds is 8. The Morgan fingerprint density at radius 3 is 2.45 bits per heavy atom. The van der Waals surface area contributed by atoms with Gasteiger partial charge in [0.2, 0.25) is 5.89 Å². The quantitative estimate of drug-likeness (QED) is 0.457. The van der Waals surface area contributed by atoms with Crippen molar-refractivity contribution in [3.8, 4) is 0 Å². The summed E-state index contributed by atoms with van der Waals surface area (Å²) in [5, 5.41) is 11.6. The molecule has 1 heterocycles. The Labute approximate surface area is 187 Å². The highest BCUT2D eigenvalue weighted by molar-refractivity contribution is 7.99. The molecule has 3 aromatic rings. The molecule has 2 aromatic carbocycles. The highest BCUT2D eigenvalue weighted by Gasteiger charge is 2.25. The summed E-state index contributed by atoms with van der Waals surface area (Å²) in [6, 6.07) is 19.4. The molecule has 7 heteroatoms. The standard InChI is InChI=1S/C24H27N3O3S/c1-24(2,3)30-22(28)25-20(17-19-13-8-5-9-14-19)21-26-27-23(29-21)31-16-10-15-18-11-6-4-7-12-18/h4-15,20H,16-17H2,1-3H3,(H,25,28)/t20-/m0/s1. The van der Waals surface area contributed by atoms with Crippen molar-refractivity contribution < 1.29 is 13.9 Å². The van der Waals surface area contributed by atoms with Crippen LogP contribution in [0.4, 0.5) is 4.79 Å². The molecule has 3 rings (SSSR count). The number of hydrogen-bond donors (Lipinski definition) is 1. The maximum absolute atomic E-state index is 12.3.